The monoisotopic (exact) mass is 245 g/mol. The van der Waals surface area contributed by atoms with Crippen LogP contribution in [-0.4, -0.2) is 41.2 Å². The van der Waals surface area contributed by atoms with Crippen molar-refractivity contribution in [2.45, 2.75) is 12.2 Å². The normalized spacial score (nSPS) is 10.8. The molecule has 0 N–H and O–H groups in total. The number of aromatic nitrogens is 4. The van der Waals surface area contributed by atoms with Crippen molar-refractivity contribution in [1.82, 2.24) is 20.6 Å². The van der Waals surface area contributed by atoms with Crippen molar-refractivity contribution in [2.24, 2.45) is 0 Å². The van der Waals surface area contributed by atoms with Gasteiger partial charge in [-0.15, -0.1) is 10.2 Å². The minimum atomic E-state index is -3.60. The van der Waals surface area contributed by atoms with Crippen LogP contribution in [0.4, 0.5) is 0 Å². The summed E-state index contributed by atoms with van der Waals surface area (Å²) in [6.07, 6.45) is -0.360. The molecule has 0 aliphatic rings. The van der Waals surface area contributed by atoms with E-state index in [0.29, 0.717) is 0 Å². The fourth-order valence-corrected chi connectivity index (χ4v) is 0.936. The Morgan fingerprint density at radius 2 is 1.59 bits per heavy atom. The van der Waals surface area contributed by atoms with Gasteiger partial charge in [-0.1, -0.05) is 0 Å². The van der Waals surface area contributed by atoms with E-state index in [-0.39, 0.29) is 5.69 Å². The first-order valence-electron chi connectivity index (χ1n) is 3.84. The second-order valence-corrected chi connectivity index (χ2v) is 2.74. The minimum absolute atomic E-state index is 0.384. The van der Waals surface area contributed by atoms with Crippen molar-refractivity contribution < 1.29 is 14.8 Å². The predicted octanol–water partition coefficient (Wildman–Crippen LogP) is -1.71. The number of nitro groups is 3. The Bertz CT molecular complexity index is 425. The highest BCUT2D eigenvalue weighted by Crippen LogP contribution is 2.17. The summed E-state index contributed by atoms with van der Waals surface area (Å²) < 4.78 is 0. The molecule has 1 aromatic rings. The van der Waals surface area contributed by atoms with Gasteiger partial charge in [-0.2, -0.15) is 0 Å². The summed E-state index contributed by atoms with van der Waals surface area (Å²) in [6, 6.07) is 0. The molecule has 13 heteroatoms. The highest BCUT2D eigenvalue weighted by molar-refractivity contribution is 4.91. The lowest BCUT2D eigenvalue weighted by molar-refractivity contribution is -0.969. The fourth-order valence-electron chi connectivity index (χ4n) is 0.936. The first kappa shape index (κ1) is 12.2. The molecule has 0 spiro atoms. The number of hydrogen-bond donors (Lipinski definition) is 0. The molecule has 17 heavy (non-hydrogen) atoms. The van der Waals surface area contributed by atoms with Gasteiger partial charge in [-0.3, -0.25) is 30.3 Å². The Balaban J connectivity index is 3.21. The van der Waals surface area contributed by atoms with E-state index in [0.717, 1.165) is 6.20 Å². The Kier molecular flexibility index (Phi) is 3.11. The maximum atomic E-state index is 10.5. The van der Waals surface area contributed by atoms with Crippen molar-refractivity contribution in [3.05, 3.63) is 42.2 Å². The average molecular weight is 245 g/mol. The smallest absolute Gasteiger partial charge is 0.253 e. The molecule has 0 aliphatic carbocycles. The van der Waals surface area contributed by atoms with Crippen molar-refractivity contribution in [3.8, 4) is 0 Å². The van der Waals surface area contributed by atoms with Gasteiger partial charge in [0, 0.05) is 0 Å². The maximum Gasteiger partial charge on any atom is 0.705 e. The van der Waals surface area contributed by atoms with Gasteiger partial charge in [-0.05, 0) is 10.4 Å². The molecule has 0 fully saturated rings. The highest BCUT2D eigenvalue weighted by Gasteiger charge is 2.70. The molecule has 90 valence electrons. The zero-order chi connectivity index (χ0) is 13.1. The summed E-state index contributed by atoms with van der Waals surface area (Å²) in [6.45, 7) is 0. The standard InChI is InChI=1S/C4H3N7O6/c12-9(13)4(10(14)15,11(16)17)1-3-2-5-7-8-6-3/h2H,1H2. The second-order valence-electron chi connectivity index (χ2n) is 2.74. The molecule has 1 heterocycles. The van der Waals surface area contributed by atoms with Crippen LogP contribution in [0.3, 0.4) is 0 Å². The topological polar surface area (TPSA) is 181 Å². The van der Waals surface area contributed by atoms with Gasteiger partial charge in [0.05, 0.1) is 6.20 Å². The van der Waals surface area contributed by atoms with Gasteiger partial charge in [0.25, 0.3) is 0 Å². The third-order valence-electron chi connectivity index (χ3n) is 1.77. The molecular weight excluding hydrogens is 242 g/mol. The molecule has 0 saturated heterocycles. The lowest BCUT2D eigenvalue weighted by Crippen LogP contribution is -2.55. The minimum Gasteiger partial charge on any atom is -0.253 e. The summed E-state index contributed by atoms with van der Waals surface area (Å²) in [5.41, 5.74) is -0.384. The van der Waals surface area contributed by atoms with Crippen molar-refractivity contribution >= 4 is 0 Å². The Morgan fingerprint density at radius 1 is 1.06 bits per heavy atom. The molecule has 0 unspecified atom stereocenters. The summed E-state index contributed by atoms with van der Waals surface area (Å²) in [5.74, 6) is -3.60. The third kappa shape index (κ3) is 2.06. The van der Waals surface area contributed by atoms with Crippen LogP contribution >= 0.6 is 0 Å². The first-order chi connectivity index (χ1) is 7.91. The summed E-state index contributed by atoms with van der Waals surface area (Å²) >= 11 is 0. The molecule has 0 saturated carbocycles. The summed E-state index contributed by atoms with van der Waals surface area (Å²) in [5, 5.41) is 43.9. The van der Waals surface area contributed by atoms with Crippen molar-refractivity contribution in [3.63, 3.8) is 0 Å². The number of rotatable bonds is 5. The van der Waals surface area contributed by atoms with Gasteiger partial charge in [-0.25, -0.2) is 0 Å². The molecule has 0 atom stereocenters. The molecule has 1 aromatic heterocycles. The summed E-state index contributed by atoms with van der Waals surface area (Å²) in [4.78, 5) is 26.8. The van der Waals surface area contributed by atoms with Crippen LogP contribution in [0.1, 0.15) is 5.69 Å². The lowest BCUT2D eigenvalue weighted by atomic mass is 10.2. The average Bonchev–Trinajstić information content (AvgIpc) is 2.25. The van der Waals surface area contributed by atoms with Crippen LogP contribution in [0.2, 0.25) is 0 Å². The molecule has 1 rings (SSSR count). The molecule has 0 aromatic carbocycles. The van der Waals surface area contributed by atoms with E-state index in [2.05, 4.69) is 20.6 Å². The van der Waals surface area contributed by atoms with Crippen molar-refractivity contribution in [2.75, 3.05) is 0 Å². The highest BCUT2D eigenvalue weighted by atomic mass is 16.7. The summed E-state index contributed by atoms with van der Waals surface area (Å²) in [7, 11) is 0. The number of hydrogen-bond acceptors (Lipinski definition) is 10. The van der Waals surface area contributed by atoms with Gasteiger partial charge in [0.2, 0.25) is 6.42 Å². The van der Waals surface area contributed by atoms with Crippen LogP contribution in [-0.2, 0) is 6.42 Å². The van der Waals surface area contributed by atoms with Crippen LogP contribution in [0.15, 0.2) is 6.20 Å². The third-order valence-corrected chi connectivity index (χ3v) is 1.77. The van der Waals surface area contributed by atoms with Crippen LogP contribution in [0.5, 0.6) is 0 Å². The maximum absolute atomic E-state index is 10.5. The Morgan fingerprint density at radius 3 is 1.94 bits per heavy atom. The SMILES string of the molecule is O=[N+]([O-])C(Cc1cnnnn1)([N+](=O)[O-])[N+](=O)[O-]. The Labute approximate surface area is 90.9 Å². The lowest BCUT2D eigenvalue weighted by Gasteiger charge is -2.07. The van der Waals surface area contributed by atoms with Crippen LogP contribution < -0.4 is 0 Å². The van der Waals surface area contributed by atoms with Crippen molar-refractivity contribution in [1.29, 1.82) is 0 Å². The molecule has 0 aliphatic heterocycles. The Hall–Kier alpha value is -2.86. The largest absolute Gasteiger partial charge is 0.705 e. The van der Waals surface area contributed by atoms with Crippen LogP contribution in [0.25, 0.3) is 0 Å². The van der Waals surface area contributed by atoms with Gasteiger partial charge in [0.15, 0.2) is 14.8 Å². The molecule has 0 bridgehead atoms. The van der Waals surface area contributed by atoms with E-state index in [1.807, 2.05) is 0 Å². The van der Waals surface area contributed by atoms with E-state index in [1.165, 1.54) is 0 Å². The van der Waals surface area contributed by atoms with E-state index in [4.69, 9.17) is 0 Å². The predicted molar refractivity (Wildman–Crippen MR) is 45.0 cm³/mol. The molecule has 0 radical (unpaired) electrons. The van der Waals surface area contributed by atoms with Gasteiger partial charge >= 0.3 is 5.79 Å². The quantitative estimate of drug-likeness (QED) is 0.329. The first-order valence-corrected chi connectivity index (χ1v) is 3.84. The second kappa shape index (κ2) is 4.33. The molecule has 13 nitrogen and oxygen atoms in total. The number of nitrogens with zero attached hydrogens (tertiary/aromatic N) is 7. The fraction of sp³-hybridized carbons (Fsp3) is 0.500. The van der Waals surface area contributed by atoms with E-state index < -0.39 is 27.0 Å². The zero-order valence-corrected chi connectivity index (χ0v) is 7.86. The zero-order valence-electron chi connectivity index (χ0n) is 7.86. The molecule has 0 amide bonds. The van der Waals surface area contributed by atoms with Crippen LogP contribution in [0, 0.1) is 30.3 Å². The van der Waals surface area contributed by atoms with E-state index in [1.54, 1.807) is 0 Å². The van der Waals surface area contributed by atoms with Gasteiger partial charge < -0.3 is 0 Å². The molecular formula is C4H3N7O6. The van der Waals surface area contributed by atoms with E-state index >= 15 is 0 Å². The van der Waals surface area contributed by atoms with E-state index in [9.17, 15) is 30.3 Å². The van der Waals surface area contributed by atoms with Gasteiger partial charge in [0.1, 0.15) is 5.69 Å².